The molecule has 0 aromatic heterocycles. The molecule has 0 spiro atoms. The number of hydrogen-bond acceptors (Lipinski definition) is 5. The van der Waals surface area contributed by atoms with Crippen molar-refractivity contribution in [3.05, 3.63) is 45.0 Å². The van der Waals surface area contributed by atoms with E-state index >= 15 is 0 Å². The molecule has 0 unspecified atom stereocenters. The van der Waals surface area contributed by atoms with Crippen LogP contribution in [0.5, 0.6) is 11.5 Å². The lowest BCUT2D eigenvalue weighted by molar-refractivity contribution is -0.134. The van der Waals surface area contributed by atoms with Crippen molar-refractivity contribution in [3.63, 3.8) is 0 Å². The summed E-state index contributed by atoms with van der Waals surface area (Å²) in [5, 5.41) is 0.914. The van der Waals surface area contributed by atoms with Gasteiger partial charge in [-0.1, -0.05) is 12.1 Å². The Morgan fingerprint density at radius 3 is 2.14 bits per heavy atom. The first-order valence-corrected chi connectivity index (χ1v) is 6.81. The van der Waals surface area contributed by atoms with Crippen molar-refractivity contribution in [1.29, 1.82) is 0 Å². The number of halogens is 1. The van der Waals surface area contributed by atoms with Crippen molar-refractivity contribution in [2.24, 2.45) is 0 Å². The van der Waals surface area contributed by atoms with Gasteiger partial charge in [-0.25, -0.2) is 0 Å². The maximum absolute atomic E-state index is 12.2. The highest BCUT2D eigenvalue weighted by molar-refractivity contribution is 9.10. The Kier molecular flexibility index (Phi) is 4.37. The predicted octanol–water partition coefficient (Wildman–Crippen LogP) is 2.81. The first-order chi connectivity index (χ1) is 9.88. The molecule has 0 bridgehead atoms. The minimum Gasteiger partial charge on any atom is -0.423 e. The van der Waals surface area contributed by atoms with E-state index in [1.807, 2.05) is 0 Å². The number of hydrogen-bond donors (Lipinski definition) is 0. The van der Waals surface area contributed by atoms with E-state index in [9.17, 15) is 14.4 Å². The van der Waals surface area contributed by atoms with Gasteiger partial charge in [0.2, 0.25) is 5.43 Å². The van der Waals surface area contributed by atoms with Crippen molar-refractivity contribution in [1.82, 2.24) is 0 Å². The van der Waals surface area contributed by atoms with Crippen LogP contribution in [0, 0.1) is 0 Å². The Morgan fingerprint density at radius 1 is 1.00 bits per heavy atom. The zero-order chi connectivity index (χ0) is 15.6. The number of carbonyl (C=O) groups is 2. The molecule has 0 aliphatic heterocycles. The molecule has 0 atom stereocenters. The number of benzene rings is 1. The molecule has 2 aromatic rings. The van der Waals surface area contributed by atoms with Crippen LogP contribution in [0.15, 0.2) is 39.6 Å². The highest BCUT2D eigenvalue weighted by atomic mass is 79.9. The van der Waals surface area contributed by atoms with Gasteiger partial charge >= 0.3 is 11.9 Å². The second kappa shape index (κ2) is 6.05. The zero-order valence-electron chi connectivity index (χ0n) is 11.3. The molecule has 0 saturated heterocycles. The van der Waals surface area contributed by atoms with Gasteiger partial charge in [-0.05, 0) is 39.5 Å². The van der Waals surface area contributed by atoms with Crippen LogP contribution < -0.4 is 14.9 Å². The van der Waals surface area contributed by atoms with Crippen molar-refractivity contribution < 1.29 is 19.1 Å². The number of ether oxygens (including phenoxy) is 2. The number of fused-ring (bicyclic) bond motifs is 1. The summed E-state index contributed by atoms with van der Waals surface area (Å²) in [4.78, 5) is 34.5. The van der Waals surface area contributed by atoms with E-state index in [1.54, 1.807) is 18.2 Å². The van der Waals surface area contributed by atoms with E-state index < -0.39 is 11.9 Å². The molecule has 108 valence electrons. The summed E-state index contributed by atoms with van der Waals surface area (Å²) in [5.74, 6) is -1.01. The minimum absolute atomic E-state index is 0.0281. The van der Waals surface area contributed by atoms with E-state index in [1.165, 1.54) is 26.0 Å². The third kappa shape index (κ3) is 3.46. The van der Waals surface area contributed by atoms with E-state index in [-0.39, 0.29) is 16.9 Å². The molecule has 0 amide bonds. The molecule has 0 saturated carbocycles. The molecule has 5 nitrogen and oxygen atoms in total. The Labute approximate surface area is 128 Å². The van der Waals surface area contributed by atoms with E-state index in [0.29, 0.717) is 15.2 Å². The van der Waals surface area contributed by atoms with Crippen LogP contribution >= 0.6 is 15.9 Å². The van der Waals surface area contributed by atoms with Crippen molar-refractivity contribution >= 4 is 38.6 Å². The number of esters is 2. The second-order valence-electron chi connectivity index (χ2n) is 4.28. The summed E-state index contributed by atoms with van der Waals surface area (Å²) in [6.45, 7) is 2.46. The summed E-state index contributed by atoms with van der Waals surface area (Å²) in [7, 11) is 0. The zero-order valence-corrected chi connectivity index (χ0v) is 12.9. The smallest absolute Gasteiger partial charge is 0.308 e. The van der Waals surface area contributed by atoms with Crippen LogP contribution in [0.2, 0.25) is 0 Å². The van der Waals surface area contributed by atoms with Gasteiger partial charge in [-0.2, -0.15) is 0 Å². The largest absolute Gasteiger partial charge is 0.423 e. The van der Waals surface area contributed by atoms with Gasteiger partial charge in [0, 0.05) is 19.2 Å². The fourth-order valence-corrected chi connectivity index (χ4v) is 2.19. The van der Waals surface area contributed by atoms with Gasteiger partial charge < -0.3 is 9.47 Å². The second-order valence-corrected chi connectivity index (χ2v) is 5.13. The van der Waals surface area contributed by atoms with Crippen molar-refractivity contribution in [3.8, 4) is 11.5 Å². The molecule has 0 aliphatic rings. The van der Waals surface area contributed by atoms with E-state index in [4.69, 9.17) is 9.47 Å². The van der Waals surface area contributed by atoms with Gasteiger partial charge in [0.25, 0.3) is 0 Å². The maximum atomic E-state index is 12.2. The molecule has 0 aliphatic carbocycles. The van der Waals surface area contributed by atoms with Gasteiger partial charge in [-0.3, -0.25) is 14.4 Å². The normalized spacial score (nSPS) is 10.2. The maximum Gasteiger partial charge on any atom is 0.308 e. The third-order valence-electron chi connectivity index (χ3n) is 2.60. The fraction of sp³-hybridized carbons (Fsp3) is 0.133. The Bertz CT molecular complexity index is 798. The van der Waals surface area contributed by atoms with Gasteiger partial charge in [-0.15, -0.1) is 0 Å². The topological polar surface area (TPSA) is 69.7 Å². The lowest BCUT2D eigenvalue weighted by Gasteiger charge is -2.09. The van der Waals surface area contributed by atoms with Gasteiger partial charge in [0.1, 0.15) is 0 Å². The van der Waals surface area contributed by atoms with Gasteiger partial charge in [0.05, 0.1) is 4.47 Å². The summed E-state index contributed by atoms with van der Waals surface area (Å²) in [5.41, 5.74) is -0.252. The number of rotatable bonds is 2. The highest BCUT2D eigenvalue weighted by Gasteiger charge is 2.13. The van der Waals surface area contributed by atoms with Crippen molar-refractivity contribution in [2.45, 2.75) is 13.8 Å². The van der Waals surface area contributed by atoms with Crippen LogP contribution in [0.3, 0.4) is 0 Å². The van der Waals surface area contributed by atoms with Crippen molar-refractivity contribution in [2.75, 3.05) is 0 Å². The van der Waals surface area contributed by atoms with Gasteiger partial charge in [0.15, 0.2) is 11.5 Å². The lowest BCUT2D eigenvalue weighted by atomic mass is 10.1. The summed E-state index contributed by atoms with van der Waals surface area (Å²) in [6.07, 6.45) is 0. The molecule has 0 N–H and O–H groups in total. The summed E-state index contributed by atoms with van der Waals surface area (Å²) >= 11 is 3.17. The first-order valence-electron chi connectivity index (χ1n) is 6.02. The first kappa shape index (κ1) is 15.2. The molecular weight excluding hydrogens is 340 g/mol. The average Bonchev–Trinajstić information content (AvgIpc) is 2.50. The standard InChI is InChI=1S/C15H11BrO5/c1-8(17)20-13-6-10-4-3-5-12(16)15(19)11(10)7-14(13)21-9(2)18/h3-7H,1-2H3. The number of carbonyl (C=O) groups excluding carboxylic acids is 2. The fourth-order valence-electron chi connectivity index (χ4n) is 1.82. The van der Waals surface area contributed by atoms with Crippen LogP contribution in [0.25, 0.3) is 10.8 Å². The predicted molar refractivity (Wildman–Crippen MR) is 80.5 cm³/mol. The molecule has 0 heterocycles. The van der Waals surface area contributed by atoms with Crippen LogP contribution in [0.1, 0.15) is 13.8 Å². The SMILES string of the molecule is CC(=O)Oc1cc2cccc(Br)c(=O)c2cc1OC(C)=O. The highest BCUT2D eigenvalue weighted by Crippen LogP contribution is 2.32. The quantitative estimate of drug-likeness (QED) is 0.615. The van der Waals surface area contributed by atoms with Crippen LogP contribution in [0.4, 0.5) is 0 Å². The molecular formula is C15H11BrO5. The lowest BCUT2D eigenvalue weighted by Crippen LogP contribution is -2.08. The molecule has 2 rings (SSSR count). The molecule has 0 radical (unpaired) electrons. The van der Waals surface area contributed by atoms with Crippen LogP contribution in [-0.2, 0) is 9.59 Å². The monoisotopic (exact) mass is 350 g/mol. The Morgan fingerprint density at radius 2 is 1.57 bits per heavy atom. The molecule has 0 fully saturated rings. The molecule has 2 aromatic carbocycles. The minimum atomic E-state index is -0.574. The summed E-state index contributed by atoms with van der Waals surface area (Å²) < 4.78 is 10.4. The Balaban J connectivity index is 2.78. The van der Waals surface area contributed by atoms with Crippen LogP contribution in [-0.4, -0.2) is 11.9 Å². The molecule has 6 heteroatoms. The Hall–Kier alpha value is -2.21. The molecule has 21 heavy (non-hydrogen) atoms. The average molecular weight is 351 g/mol. The third-order valence-corrected chi connectivity index (χ3v) is 3.23. The summed E-state index contributed by atoms with van der Waals surface area (Å²) in [6, 6.07) is 7.88. The van der Waals surface area contributed by atoms with E-state index in [2.05, 4.69) is 15.9 Å². The van der Waals surface area contributed by atoms with E-state index in [0.717, 1.165) is 0 Å².